The van der Waals surface area contributed by atoms with E-state index < -0.39 is 0 Å². The molecule has 1 N–H and O–H groups in total. The van der Waals surface area contributed by atoms with Gasteiger partial charge in [0.2, 0.25) is 0 Å². The molecule has 1 heterocycles. The number of hydrogen-bond donors (Lipinski definition) is 1. The molecule has 23 heavy (non-hydrogen) atoms. The van der Waals surface area contributed by atoms with E-state index in [0.29, 0.717) is 17.1 Å². The second-order valence-corrected chi connectivity index (χ2v) is 6.97. The molecule has 0 spiro atoms. The van der Waals surface area contributed by atoms with Crippen molar-refractivity contribution in [1.29, 1.82) is 0 Å². The number of ether oxygens (including phenoxy) is 2. The molecule has 0 radical (unpaired) electrons. The van der Waals surface area contributed by atoms with E-state index in [9.17, 15) is 4.79 Å². The molecule has 0 aliphatic rings. The van der Waals surface area contributed by atoms with Crippen LogP contribution in [0.25, 0.3) is 0 Å². The third-order valence-corrected chi connectivity index (χ3v) is 4.72. The second-order valence-electron chi connectivity index (χ2n) is 5.60. The van der Waals surface area contributed by atoms with Crippen molar-refractivity contribution in [2.75, 3.05) is 14.2 Å². The summed E-state index contributed by atoms with van der Waals surface area (Å²) in [6.07, 6.45) is 0.824. The van der Waals surface area contributed by atoms with E-state index in [-0.39, 0.29) is 11.9 Å². The van der Waals surface area contributed by atoms with Crippen molar-refractivity contribution in [1.82, 2.24) is 5.32 Å². The number of carbonyl (C=O) groups is 1. The lowest BCUT2D eigenvalue weighted by Crippen LogP contribution is -2.33. The molecule has 4 nitrogen and oxygen atoms in total. The Morgan fingerprint density at radius 3 is 2.26 bits per heavy atom. The van der Waals surface area contributed by atoms with Gasteiger partial charge in [0.25, 0.3) is 5.91 Å². The van der Waals surface area contributed by atoms with Gasteiger partial charge in [0, 0.05) is 33.3 Å². The van der Waals surface area contributed by atoms with Crippen molar-refractivity contribution < 1.29 is 14.3 Å². The van der Waals surface area contributed by atoms with Gasteiger partial charge in [-0.05, 0) is 45.0 Å². The lowest BCUT2D eigenvalue weighted by atomic mass is 10.1. The van der Waals surface area contributed by atoms with Gasteiger partial charge in [0.1, 0.15) is 11.5 Å². The Morgan fingerprint density at radius 1 is 1.17 bits per heavy atom. The predicted octanol–water partition coefficient (Wildman–Crippen LogP) is 3.74. The average Bonchev–Trinajstić information content (AvgIpc) is 2.92. The van der Waals surface area contributed by atoms with Crippen LogP contribution in [-0.4, -0.2) is 26.2 Å². The summed E-state index contributed by atoms with van der Waals surface area (Å²) in [7, 11) is 3.18. The smallest absolute Gasteiger partial charge is 0.251 e. The van der Waals surface area contributed by atoms with Crippen molar-refractivity contribution in [2.24, 2.45) is 0 Å². The molecule has 0 saturated heterocycles. The molecular formula is C18H23NO3S. The van der Waals surface area contributed by atoms with Crippen molar-refractivity contribution in [2.45, 2.75) is 33.2 Å². The quantitative estimate of drug-likeness (QED) is 0.876. The largest absolute Gasteiger partial charge is 0.496 e. The van der Waals surface area contributed by atoms with E-state index in [1.54, 1.807) is 37.7 Å². The second kappa shape index (κ2) is 7.51. The van der Waals surface area contributed by atoms with Gasteiger partial charge in [-0.3, -0.25) is 4.79 Å². The third kappa shape index (κ3) is 4.26. The van der Waals surface area contributed by atoms with Crippen LogP contribution in [0.1, 0.15) is 32.6 Å². The van der Waals surface area contributed by atoms with E-state index >= 15 is 0 Å². The van der Waals surface area contributed by atoms with Crippen LogP contribution in [0, 0.1) is 13.8 Å². The normalized spacial score (nSPS) is 11.9. The van der Waals surface area contributed by atoms with E-state index in [0.717, 1.165) is 12.0 Å². The lowest BCUT2D eigenvalue weighted by molar-refractivity contribution is 0.0939. The number of rotatable bonds is 6. The van der Waals surface area contributed by atoms with Gasteiger partial charge in [-0.1, -0.05) is 0 Å². The highest BCUT2D eigenvalue weighted by Crippen LogP contribution is 2.29. The monoisotopic (exact) mass is 333 g/mol. The fourth-order valence-electron chi connectivity index (χ4n) is 2.47. The van der Waals surface area contributed by atoms with Crippen LogP contribution < -0.4 is 14.8 Å². The summed E-state index contributed by atoms with van der Waals surface area (Å²) < 4.78 is 10.6. The first-order valence-corrected chi connectivity index (χ1v) is 8.35. The van der Waals surface area contributed by atoms with E-state index in [2.05, 4.69) is 24.4 Å². The fraction of sp³-hybridized carbons (Fsp3) is 0.389. The first-order chi connectivity index (χ1) is 10.9. The number of aryl methyl sites for hydroxylation is 1. The number of amides is 1. The van der Waals surface area contributed by atoms with Gasteiger partial charge in [-0.15, -0.1) is 11.3 Å². The molecule has 5 heteroatoms. The number of thiophene rings is 1. The summed E-state index contributed by atoms with van der Waals surface area (Å²) >= 11 is 1.76. The van der Waals surface area contributed by atoms with E-state index in [4.69, 9.17) is 9.47 Å². The molecule has 124 valence electrons. The number of nitrogens with one attached hydrogen (secondary N) is 1. The molecule has 0 aliphatic heterocycles. The summed E-state index contributed by atoms with van der Waals surface area (Å²) in [6, 6.07) is 7.76. The van der Waals surface area contributed by atoms with Gasteiger partial charge in [-0.25, -0.2) is 0 Å². The zero-order valence-electron chi connectivity index (χ0n) is 14.2. The molecule has 1 aromatic carbocycles. The summed E-state index contributed by atoms with van der Waals surface area (Å²) in [6.45, 7) is 6.00. The molecule has 0 saturated carbocycles. The molecule has 2 aromatic rings. The molecule has 1 aromatic heterocycles. The summed E-state index contributed by atoms with van der Waals surface area (Å²) in [5.74, 6) is 1.18. The van der Waals surface area contributed by atoms with Crippen LogP contribution in [0.4, 0.5) is 0 Å². The standard InChI is InChI=1S/C18H23NO3S/c1-11(8-15-7-6-12(2)23-15)19-18(20)14-9-16(21-4)13(3)17(10-14)22-5/h6-7,9-11H,8H2,1-5H3,(H,19,20). The highest BCUT2D eigenvalue weighted by molar-refractivity contribution is 7.11. The van der Waals surface area contributed by atoms with Gasteiger partial charge < -0.3 is 14.8 Å². The van der Waals surface area contributed by atoms with Crippen LogP contribution in [-0.2, 0) is 6.42 Å². The average molecular weight is 333 g/mol. The Hall–Kier alpha value is -2.01. The van der Waals surface area contributed by atoms with Crippen molar-refractivity contribution in [3.63, 3.8) is 0 Å². The van der Waals surface area contributed by atoms with Crippen LogP contribution in [0.2, 0.25) is 0 Å². The summed E-state index contributed by atoms with van der Waals surface area (Å²) in [5, 5.41) is 3.03. The van der Waals surface area contributed by atoms with Crippen molar-refractivity contribution in [3.05, 3.63) is 45.1 Å². The van der Waals surface area contributed by atoms with Crippen LogP contribution in [0.3, 0.4) is 0 Å². The third-order valence-electron chi connectivity index (χ3n) is 3.70. The van der Waals surface area contributed by atoms with Gasteiger partial charge in [-0.2, -0.15) is 0 Å². The first kappa shape index (κ1) is 17.3. The van der Waals surface area contributed by atoms with Crippen LogP contribution in [0.15, 0.2) is 24.3 Å². The fourth-order valence-corrected chi connectivity index (χ4v) is 3.49. The number of methoxy groups -OCH3 is 2. The maximum absolute atomic E-state index is 12.5. The highest BCUT2D eigenvalue weighted by atomic mass is 32.1. The number of carbonyl (C=O) groups excluding carboxylic acids is 1. The molecule has 1 unspecified atom stereocenters. The Morgan fingerprint density at radius 2 is 1.78 bits per heavy atom. The zero-order valence-corrected chi connectivity index (χ0v) is 15.0. The molecule has 0 aliphatic carbocycles. The topological polar surface area (TPSA) is 47.6 Å². The maximum atomic E-state index is 12.5. The Kier molecular flexibility index (Phi) is 5.66. The molecule has 0 fully saturated rings. The van der Waals surface area contributed by atoms with E-state index in [1.807, 2.05) is 13.8 Å². The Labute approximate surface area is 141 Å². The van der Waals surface area contributed by atoms with Crippen LogP contribution >= 0.6 is 11.3 Å². The molecule has 1 atom stereocenters. The van der Waals surface area contributed by atoms with Crippen molar-refractivity contribution >= 4 is 17.2 Å². The first-order valence-electron chi connectivity index (χ1n) is 7.53. The number of benzene rings is 1. The minimum absolute atomic E-state index is 0.0545. The molecular weight excluding hydrogens is 310 g/mol. The Balaban J connectivity index is 2.10. The van der Waals surface area contributed by atoms with E-state index in [1.165, 1.54) is 9.75 Å². The van der Waals surface area contributed by atoms with Gasteiger partial charge in [0.15, 0.2) is 0 Å². The van der Waals surface area contributed by atoms with Gasteiger partial charge >= 0.3 is 0 Å². The molecule has 2 rings (SSSR count). The minimum atomic E-state index is -0.123. The maximum Gasteiger partial charge on any atom is 0.251 e. The lowest BCUT2D eigenvalue weighted by Gasteiger charge is -2.15. The van der Waals surface area contributed by atoms with Crippen LogP contribution in [0.5, 0.6) is 11.5 Å². The van der Waals surface area contributed by atoms with Crippen molar-refractivity contribution in [3.8, 4) is 11.5 Å². The molecule has 0 bridgehead atoms. The SMILES string of the molecule is COc1cc(C(=O)NC(C)Cc2ccc(C)s2)cc(OC)c1C. The van der Waals surface area contributed by atoms with Gasteiger partial charge in [0.05, 0.1) is 14.2 Å². The summed E-state index contributed by atoms with van der Waals surface area (Å²) in [4.78, 5) is 15.0. The number of hydrogen-bond acceptors (Lipinski definition) is 4. The minimum Gasteiger partial charge on any atom is -0.496 e. The molecule has 1 amide bonds. The zero-order chi connectivity index (χ0) is 17.0. The highest BCUT2D eigenvalue weighted by Gasteiger charge is 2.15. The Bertz CT molecular complexity index is 668. The predicted molar refractivity (Wildman–Crippen MR) is 94.0 cm³/mol. The summed E-state index contributed by atoms with van der Waals surface area (Å²) in [5.41, 5.74) is 1.42.